The lowest BCUT2D eigenvalue weighted by Crippen LogP contribution is -2.53. The van der Waals surface area contributed by atoms with Crippen LogP contribution in [0, 0.1) is 0 Å². The van der Waals surface area contributed by atoms with E-state index < -0.39 is 10.2 Å². The number of nitrogens with zero attached hydrogens (tertiary/aromatic N) is 5. The Bertz CT molecular complexity index is 718. The summed E-state index contributed by atoms with van der Waals surface area (Å²) < 4.78 is 29.4. The van der Waals surface area contributed by atoms with Crippen LogP contribution in [-0.4, -0.2) is 71.6 Å². The van der Waals surface area contributed by atoms with Gasteiger partial charge in [-0.1, -0.05) is 0 Å². The van der Waals surface area contributed by atoms with Gasteiger partial charge in [0.05, 0.1) is 18.4 Å². The van der Waals surface area contributed by atoms with E-state index in [2.05, 4.69) is 5.10 Å². The number of nitrogens with two attached hydrogens (primary N) is 1. The lowest BCUT2D eigenvalue weighted by atomic mass is 10.00. The van der Waals surface area contributed by atoms with Gasteiger partial charge >= 0.3 is 10.2 Å². The SMILES string of the molecule is C[C@@H]1CC[C@@H](N)CN1C(=O)CN1CCN(c2cnn(C)c2)S1(=O)=O. The van der Waals surface area contributed by atoms with E-state index in [1.54, 1.807) is 22.8 Å². The van der Waals surface area contributed by atoms with E-state index in [9.17, 15) is 13.2 Å². The fourth-order valence-electron chi connectivity index (χ4n) is 3.26. The minimum absolute atomic E-state index is 0.0350. The second kappa shape index (κ2) is 6.34. The van der Waals surface area contributed by atoms with Crippen LogP contribution in [0.15, 0.2) is 12.4 Å². The van der Waals surface area contributed by atoms with E-state index in [0.29, 0.717) is 18.8 Å². The Balaban J connectivity index is 1.70. The number of carbonyl (C=O) groups excluding carboxylic acids is 1. The highest BCUT2D eigenvalue weighted by molar-refractivity contribution is 7.90. The van der Waals surface area contributed by atoms with E-state index in [1.165, 1.54) is 14.8 Å². The second-order valence-electron chi connectivity index (χ2n) is 6.52. The number of anilines is 1. The van der Waals surface area contributed by atoms with Crippen molar-refractivity contribution >= 4 is 21.8 Å². The zero-order valence-electron chi connectivity index (χ0n) is 14.0. The molecule has 2 saturated heterocycles. The van der Waals surface area contributed by atoms with Crippen molar-refractivity contribution in [3.8, 4) is 0 Å². The van der Waals surface area contributed by atoms with Gasteiger partial charge in [-0.05, 0) is 19.8 Å². The van der Waals surface area contributed by atoms with Gasteiger partial charge in [0, 0.05) is 45.0 Å². The normalized spacial score (nSPS) is 27.6. The summed E-state index contributed by atoms with van der Waals surface area (Å²) >= 11 is 0. The van der Waals surface area contributed by atoms with Crippen molar-refractivity contribution in [2.75, 3.05) is 30.5 Å². The Morgan fingerprint density at radius 2 is 2.12 bits per heavy atom. The van der Waals surface area contributed by atoms with Gasteiger partial charge in [-0.3, -0.25) is 13.8 Å². The first-order chi connectivity index (χ1) is 11.3. The highest BCUT2D eigenvalue weighted by atomic mass is 32.2. The highest BCUT2D eigenvalue weighted by Gasteiger charge is 2.39. The first-order valence-corrected chi connectivity index (χ1v) is 9.50. The average Bonchev–Trinajstić information content (AvgIpc) is 3.05. The molecule has 10 heteroatoms. The molecule has 24 heavy (non-hydrogen) atoms. The molecule has 134 valence electrons. The Labute approximate surface area is 142 Å². The Kier molecular flexibility index (Phi) is 4.54. The number of amides is 1. The molecule has 1 aromatic heterocycles. The maximum atomic E-state index is 12.7. The summed E-state index contributed by atoms with van der Waals surface area (Å²) in [7, 11) is -1.97. The molecule has 0 aliphatic carbocycles. The summed E-state index contributed by atoms with van der Waals surface area (Å²) in [6, 6.07) is 0.0595. The predicted molar refractivity (Wildman–Crippen MR) is 89.4 cm³/mol. The summed E-state index contributed by atoms with van der Waals surface area (Å²) in [5.74, 6) is -0.186. The minimum Gasteiger partial charge on any atom is -0.337 e. The number of piperidine rings is 1. The number of carbonyl (C=O) groups is 1. The van der Waals surface area contributed by atoms with Crippen molar-refractivity contribution in [3.63, 3.8) is 0 Å². The molecule has 0 unspecified atom stereocenters. The van der Waals surface area contributed by atoms with Gasteiger partial charge in [0.2, 0.25) is 5.91 Å². The number of rotatable bonds is 3. The standard InChI is InChI=1S/C14H24N6O3S/c1-11-3-4-12(15)8-19(11)14(21)10-18-5-6-20(24(18,22)23)13-7-16-17(2)9-13/h7,9,11-12H,3-6,8,10,15H2,1-2H3/t11-,12-/m1/s1. The van der Waals surface area contributed by atoms with Gasteiger partial charge in [-0.15, -0.1) is 0 Å². The maximum absolute atomic E-state index is 12.7. The quantitative estimate of drug-likeness (QED) is 0.758. The number of likely N-dealkylation sites (tertiary alicyclic amines) is 1. The van der Waals surface area contributed by atoms with Crippen LogP contribution in [0.2, 0.25) is 0 Å². The summed E-state index contributed by atoms with van der Waals surface area (Å²) in [5.41, 5.74) is 6.46. The van der Waals surface area contributed by atoms with Gasteiger partial charge in [0.25, 0.3) is 0 Å². The average molecular weight is 356 g/mol. The van der Waals surface area contributed by atoms with Crippen LogP contribution in [0.1, 0.15) is 19.8 Å². The van der Waals surface area contributed by atoms with E-state index in [0.717, 1.165) is 12.8 Å². The summed E-state index contributed by atoms with van der Waals surface area (Å²) in [5, 5.41) is 4.01. The van der Waals surface area contributed by atoms with Crippen LogP contribution in [0.4, 0.5) is 5.69 Å². The predicted octanol–water partition coefficient (Wildman–Crippen LogP) is -0.875. The molecule has 2 aliphatic heterocycles. The number of hydrogen-bond donors (Lipinski definition) is 1. The first kappa shape index (κ1) is 17.2. The Morgan fingerprint density at radius 3 is 2.79 bits per heavy atom. The topological polar surface area (TPSA) is 105 Å². The zero-order chi connectivity index (χ0) is 17.5. The Morgan fingerprint density at radius 1 is 1.38 bits per heavy atom. The fraction of sp³-hybridized carbons (Fsp3) is 0.714. The summed E-state index contributed by atoms with van der Waals surface area (Å²) in [6.45, 7) is 2.92. The van der Waals surface area contributed by atoms with E-state index >= 15 is 0 Å². The third kappa shape index (κ3) is 3.13. The molecule has 1 amide bonds. The fourth-order valence-corrected chi connectivity index (χ4v) is 4.79. The molecule has 3 heterocycles. The first-order valence-electron chi connectivity index (χ1n) is 8.10. The van der Waals surface area contributed by atoms with Gasteiger partial charge in [0.1, 0.15) is 0 Å². The number of aryl methyl sites for hydroxylation is 1. The lowest BCUT2D eigenvalue weighted by molar-refractivity contribution is -0.134. The van der Waals surface area contributed by atoms with Crippen molar-refractivity contribution < 1.29 is 13.2 Å². The minimum atomic E-state index is -3.70. The second-order valence-corrected chi connectivity index (χ2v) is 8.37. The molecular formula is C14H24N6O3S. The molecule has 0 radical (unpaired) electrons. The molecular weight excluding hydrogens is 332 g/mol. The smallest absolute Gasteiger partial charge is 0.304 e. The number of aromatic nitrogens is 2. The van der Waals surface area contributed by atoms with Crippen molar-refractivity contribution in [2.24, 2.45) is 12.8 Å². The van der Waals surface area contributed by atoms with E-state index in [4.69, 9.17) is 5.73 Å². The van der Waals surface area contributed by atoms with Crippen molar-refractivity contribution in [1.29, 1.82) is 0 Å². The third-order valence-electron chi connectivity index (χ3n) is 4.69. The van der Waals surface area contributed by atoms with Crippen LogP contribution in [-0.2, 0) is 22.1 Å². The van der Waals surface area contributed by atoms with Crippen molar-refractivity contribution in [1.82, 2.24) is 19.0 Å². The molecule has 0 spiro atoms. The van der Waals surface area contributed by atoms with Gasteiger partial charge in [0.15, 0.2) is 0 Å². The molecule has 2 fully saturated rings. The van der Waals surface area contributed by atoms with Gasteiger partial charge < -0.3 is 10.6 Å². The van der Waals surface area contributed by atoms with Crippen molar-refractivity contribution in [2.45, 2.75) is 31.8 Å². The van der Waals surface area contributed by atoms with Crippen LogP contribution >= 0.6 is 0 Å². The van der Waals surface area contributed by atoms with E-state index in [-0.39, 0.29) is 31.1 Å². The molecule has 0 saturated carbocycles. The summed E-state index contributed by atoms with van der Waals surface area (Å²) in [6.07, 6.45) is 4.90. The monoisotopic (exact) mass is 356 g/mol. The molecule has 2 N–H and O–H groups in total. The lowest BCUT2D eigenvalue weighted by Gasteiger charge is -2.37. The van der Waals surface area contributed by atoms with Crippen LogP contribution in [0.3, 0.4) is 0 Å². The van der Waals surface area contributed by atoms with Crippen LogP contribution < -0.4 is 10.0 Å². The third-order valence-corrected chi connectivity index (χ3v) is 6.60. The largest absolute Gasteiger partial charge is 0.337 e. The molecule has 0 aromatic carbocycles. The molecule has 9 nitrogen and oxygen atoms in total. The van der Waals surface area contributed by atoms with Crippen LogP contribution in [0.25, 0.3) is 0 Å². The van der Waals surface area contributed by atoms with Gasteiger partial charge in [-0.2, -0.15) is 17.8 Å². The van der Waals surface area contributed by atoms with E-state index in [1.807, 2.05) is 6.92 Å². The molecule has 2 aliphatic rings. The summed E-state index contributed by atoms with van der Waals surface area (Å²) in [4.78, 5) is 14.3. The molecule has 0 bridgehead atoms. The van der Waals surface area contributed by atoms with Crippen molar-refractivity contribution in [3.05, 3.63) is 12.4 Å². The van der Waals surface area contributed by atoms with Gasteiger partial charge in [-0.25, -0.2) is 0 Å². The van der Waals surface area contributed by atoms with Crippen LogP contribution in [0.5, 0.6) is 0 Å². The molecule has 2 atom stereocenters. The molecule has 3 rings (SSSR count). The highest BCUT2D eigenvalue weighted by Crippen LogP contribution is 2.25. The number of hydrogen-bond acceptors (Lipinski definition) is 5. The molecule has 1 aromatic rings. The Hall–Kier alpha value is -1.65. The zero-order valence-corrected chi connectivity index (χ0v) is 14.8. The maximum Gasteiger partial charge on any atom is 0.304 e.